The molecule has 0 aliphatic carbocycles. The van der Waals surface area contributed by atoms with Crippen molar-refractivity contribution in [3.8, 4) is 0 Å². The van der Waals surface area contributed by atoms with Crippen molar-refractivity contribution < 1.29 is 4.79 Å². The van der Waals surface area contributed by atoms with Gasteiger partial charge in [-0.05, 0) is 34.4 Å². The highest BCUT2D eigenvalue weighted by Crippen LogP contribution is 2.30. The Labute approximate surface area is 113 Å². The highest BCUT2D eigenvalue weighted by atomic mass is 16.2. The molecule has 0 radical (unpaired) electrons. The van der Waals surface area contributed by atoms with Gasteiger partial charge in [0, 0.05) is 12.6 Å². The van der Waals surface area contributed by atoms with E-state index in [1.165, 1.54) is 6.33 Å². The smallest absolute Gasteiger partial charge is 0.315 e. The number of nitrogens with zero attached hydrogens (tertiary/aromatic N) is 4. The van der Waals surface area contributed by atoms with Gasteiger partial charge >= 0.3 is 6.03 Å². The van der Waals surface area contributed by atoms with Crippen LogP contribution in [0.25, 0.3) is 0 Å². The maximum atomic E-state index is 11.9. The van der Waals surface area contributed by atoms with Gasteiger partial charge in [-0.25, -0.2) is 14.5 Å². The molecule has 2 heterocycles. The molecule has 1 aliphatic rings. The van der Waals surface area contributed by atoms with Crippen molar-refractivity contribution in [1.29, 1.82) is 0 Å². The second-order valence-electron chi connectivity index (χ2n) is 5.37. The van der Waals surface area contributed by atoms with Gasteiger partial charge in [0.2, 0.25) is 0 Å². The zero-order valence-corrected chi connectivity index (χ0v) is 11.9. The zero-order chi connectivity index (χ0) is 14.0. The Bertz CT molecular complexity index is 443. The van der Waals surface area contributed by atoms with Gasteiger partial charge < -0.3 is 15.5 Å². The van der Waals surface area contributed by atoms with Crippen molar-refractivity contribution in [3.05, 3.63) is 12.2 Å². The number of hydrogen-bond donors (Lipinski definition) is 2. The first-order valence-corrected chi connectivity index (χ1v) is 6.59. The van der Waals surface area contributed by atoms with E-state index in [1.54, 1.807) is 0 Å². The minimum atomic E-state index is -0.151. The van der Waals surface area contributed by atoms with Crippen LogP contribution in [0.3, 0.4) is 0 Å². The molecule has 2 N–H and O–H groups in total. The summed E-state index contributed by atoms with van der Waals surface area (Å²) in [6.45, 7) is 4.76. The number of rotatable bonds is 4. The molecule has 7 heteroatoms. The molecule has 0 saturated heterocycles. The lowest BCUT2D eigenvalue weighted by Crippen LogP contribution is -2.43. The monoisotopic (exact) mass is 266 g/mol. The molecule has 1 aromatic heterocycles. The summed E-state index contributed by atoms with van der Waals surface area (Å²) in [5, 5.41) is 9.99. The Morgan fingerprint density at radius 2 is 2.37 bits per heavy atom. The Hall–Kier alpha value is -1.63. The first kappa shape index (κ1) is 13.8. The second kappa shape index (κ2) is 5.56. The van der Waals surface area contributed by atoms with Crippen LogP contribution >= 0.6 is 0 Å². The summed E-state index contributed by atoms with van der Waals surface area (Å²) in [5.41, 5.74) is 0. The summed E-state index contributed by atoms with van der Waals surface area (Å²) >= 11 is 0. The molecule has 2 unspecified atom stereocenters. The number of carbonyl (C=O) groups excluding carboxylic acids is 1. The van der Waals surface area contributed by atoms with Gasteiger partial charge in [-0.1, -0.05) is 0 Å². The average molecular weight is 266 g/mol. The molecule has 0 aromatic carbocycles. The van der Waals surface area contributed by atoms with Crippen LogP contribution in [0.15, 0.2) is 6.33 Å². The molecule has 1 aliphatic heterocycles. The van der Waals surface area contributed by atoms with Crippen LogP contribution in [-0.4, -0.2) is 52.4 Å². The second-order valence-corrected chi connectivity index (χ2v) is 5.37. The lowest BCUT2D eigenvalue weighted by Gasteiger charge is -2.20. The van der Waals surface area contributed by atoms with Crippen molar-refractivity contribution in [2.45, 2.75) is 38.4 Å². The molecular formula is C12H22N6O. The minimum absolute atomic E-state index is 0.0489. The third-order valence-electron chi connectivity index (χ3n) is 3.65. The van der Waals surface area contributed by atoms with Crippen LogP contribution < -0.4 is 10.6 Å². The van der Waals surface area contributed by atoms with Gasteiger partial charge in [-0.15, -0.1) is 0 Å². The van der Waals surface area contributed by atoms with Crippen molar-refractivity contribution in [2.24, 2.45) is 0 Å². The van der Waals surface area contributed by atoms with E-state index < -0.39 is 0 Å². The van der Waals surface area contributed by atoms with Crippen LogP contribution in [0.2, 0.25) is 0 Å². The van der Waals surface area contributed by atoms with Gasteiger partial charge in [0.05, 0.1) is 12.1 Å². The van der Waals surface area contributed by atoms with E-state index in [0.29, 0.717) is 12.6 Å². The summed E-state index contributed by atoms with van der Waals surface area (Å²) in [6, 6.07) is 0.384. The quantitative estimate of drug-likeness (QED) is 0.834. The summed E-state index contributed by atoms with van der Waals surface area (Å²) in [7, 11) is 3.98. The van der Waals surface area contributed by atoms with Crippen LogP contribution in [0.1, 0.15) is 38.2 Å². The predicted molar refractivity (Wildman–Crippen MR) is 71.8 cm³/mol. The van der Waals surface area contributed by atoms with Gasteiger partial charge in [-0.2, -0.15) is 5.10 Å². The molecule has 0 fully saturated rings. The zero-order valence-electron chi connectivity index (χ0n) is 11.9. The Morgan fingerprint density at radius 3 is 3.05 bits per heavy atom. The van der Waals surface area contributed by atoms with E-state index in [1.807, 2.05) is 18.8 Å². The number of aromatic nitrogens is 3. The highest BCUT2D eigenvalue weighted by Gasteiger charge is 2.31. The molecule has 0 bridgehead atoms. The maximum Gasteiger partial charge on any atom is 0.315 e. The number of hydrogen-bond acceptors (Lipinski definition) is 4. The summed E-state index contributed by atoms with van der Waals surface area (Å²) in [5.74, 6) is 0.836. The Balaban J connectivity index is 1.84. The number of urea groups is 1. The van der Waals surface area contributed by atoms with Crippen LogP contribution in [0.4, 0.5) is 4.79 Å². The topological polar surface area (TPSA) is 75.1 Å². The minimum Gasteiger partial charge on any atom is -0.337 e. The van der Waals surface area contributed by atoms with E-state index in [2.05, 4.69) is 39.5 Å². The third kappa shape index (κ3) is 3.04. The van der Waals surface area contributed by atoms with Crippen molar-refractivity contribution in [1.82, 2.24) is 30.3 Å². The predicted octanol–water partition coefficient (Wildman–Crippen LogP) is 0.533. The summed E-state index contributed by atoms with van der Waals surface area (Å²) in [6.07, 6.45) is 2.37. The number of carbonyl (C=O) groups is 1. The van der Waals surface area contributed by atoms with Crippen molar-refractivity contribution in [3.63, 3.8) is 0 Å². The molecule has 19 heavy (non-hydrogen) atoms. The molecule has 1 aromatic rings. The van der Waals surface area contributed by atoms with E-state index in [9.17, 15) is 4.79 Å². The Kier molecular flexibility index (Phi) is 4.04. The number of fused-ring (bicyclic) bond motifs is 1. The molecule has 0 spiro atoms. The number of likely N-dealkylation sites (N-methyl/N-ethyl adjacent to an activating group) is 1. The fraction of sp³-hybridized carbons (Fsp3) is 0.750. The number of nitrogens with one attached hydrogen (secondary N) is 2. The number of amides is 2. The standard InChI is InChI=1S/C12H22N6O/c1-8-5-10(11-14-7-15-18(8)11)16-12(19)13-6-9(2)17(3)4/h7-10H,5-6H2,1-4H3,(H2,13,16,19)/t8?,9-,10?/m0/s1. The van der Waals surface area contributed by atoms with Crippen LogP contribution in [-0.2, 0) is 0 Å². The van der Waals surface area contributed by atoms with Crippen molar-refractivity contribution >= 4 is 6.03 Å². The van der Waals surface area contributed by atoms with Crippen LogP contribution in [0, 0.1) is 0 Å². The lowest BCUT2D eigenvalue weighted by molar-refractivity contribution is 0.230. The molecule has 7 nitrogen and oxygen atoms in total. The fourth-order valence-electron chi connectivity index (χ4n) is 2.15. The van der Waals surface area contributed by atoms with Gasteiger partial charge in [0.25, 0.3) is 0 Å². The normalized spacial score (nSPS) is 23.2. The Morgan fingerprint density at radius 1 is 1.63 bits per heavy atom. The van der Waals surface area contributed by atoms with Gasteiger partial charge in [-0.3, -0.25) is 0 Å². The first-order chi connectivity index (χ1) is 8.99. The molecule has 0 saturated carbocycles. The fourth-order valence-corrected chi connectivity index (χ4v) is 2.15. The average Bonchev–Trinajstić information content (AvgIpc) is 2.92. The summed E-state index contributed by atoms with van der Waals surface area (Å²) in [4.78, 5) is 18.1. The van der Waals surface area contributed by atoms with Gasteiger partial charge in [0.15, 0.2) is 0 Å². The summed E-state index contributed by atoms with van der Waals surface area (Å²) < 4.78 is 1.87. The van der Waals surface area contributed by atoms with Crippen LogP contribution in [0.5, 0.6) is 0 Å². The van der Waals surface area contributed by atoms with E-state index >= 15 is 0 Å². The molecule has 3 atom stereocenters. The van der Waals surface area contributed by atoms with E-state index in [4.69, 9.17) is 0 Å². The largest absolute Gasteiger partial charge is 0.337 e. The molecule has 2 amide bonds. The van der Waals surface area contributed by atoms with E-state index in [0.717, 1.165) is 12.2 Å². The molecule has 106 valence electrons. The highest BCUT2D eigenvalue weighted by molar-refractivity contribution is 5.74. The molecule has 2 rings (SSSR count). The van der Waals surface area contributed by atoms with Crippen molar-refractivity contribution in [2.75, 3.05) is 20.6 Å². The third-order valence-corrected chi connectivity index (χ3v) is 3.65. The van der Waals surface area contributed by atoms with E-state index in [-0.39, 0.29) is 18.1 Å². The van der Waals surface area contributed by atoms with Gasteiger partial charge in [0.1, 0.15) is 12.2 Å². The lowest BCUT2D eigenvalue weighted by atomic mass is 10.2. The first-order valence-electron chi connectivity index (χ1n) is 6.59. The SMILES string of the molecule is CC1CC(NC(=O)NC[C@H](C)N(C)C)c2ncnn21. The molecular weight excluding hydrogens is 244 g/mol. The maximum absolute atomic E-state index is 11.9.